The molecule has 0 saturated heterocycles. The summed E-state index contributed by atoms with van der Waals surface area (Å²) in [5.74, 6) is 0.842. The van der Waals surface area contributed by atoms with E-state index in [1.807, 2.05) is 66.7 Å². The Morgan fingerprint density at radius 1 is 0.870 bits per heavy atom. The first-order valence-corrected chi connectivity index (χ1v) is 9.54. The maximum absolute atomic E-state index is 14.0. The van der Waals surface area contributed by atoms with Crippen molar-refractivity contribution in [3.8, 4) is 16.9 Å². The van der Waals surface area contributed by atoms with Gasteiger partial charge in [0.1, 0.15) is 12.9 Å². The number of ether oxygens (including phenoxy) is 1. The molecule has 0 aliphatic carbocycles. The average molecular weight is 320 g/mol. The van der Waals surface area contributed by atoms with Crippen molar-refractivity contribution in [2.75, 3.05) is 7.11 Å². The van der Waals surface area contributed by atoms with E-state index in [9.17, 15) is 4.57 Å². The summed E-state index contributed by atoms with van der Waals surface area (Å²) in [6.07, 6.45) is 0.542. The van der Waals surface area contributed by atoms with E-state index in [0.29, 0.717) is 6.16 Å². The van der Waals surface area contributed by atoms with Gasteiger partial charge in [-0.05, 0) is 17.2 Å². The molecule has 23 heavy (non-hydrogen) atoms. The van der Waals surface area contributed by atoms with Gasteiger partial charge in [0.05, 0.1) is 7.11 Å². The molecule has 0 fully saturated rings. The highest BCUT2D eigenvalue weighted by Crippen LogP contribution is 2.55. The van der Waals surface area contributed by atoms with Crippen molar-refractivity contribution < 1.29 is 9.30 Å². The van der Waals surface area contributed by atoms with Crippen LogP contribution in [0.4, 0.5) is 0 Å². The summed E-state index contributed by atoms with van der Waals surface area (Å²) in [5.41, 5.74) is 3.20. The molecule has 3 aromatic rings. The van der Waals surface area contributed by atoms with E-state index in [2.05, 4.69) is 6.07 Å². The number of methoxy groups -OCH3 is 1. The van der Waals surface area contributed by atoms with Crippen molar-refractivity contribution in [3.63, 3.8) is 0 Å². The summed E-state index contributed by atoms with van der Waals surface area (Å²) in [6, 6.07) is 23.8. The number of rotatable bonds is 2. The van der Waals surface area contributed by atoms with Crippen LogP contribution in [0.3, 0.4) is 0 Å². The largest absolute Gasteiger partial charge is 0.496 e. The summed E-state index contributed by atoms with van der Waals surface area (Å²) < 4.78 is 19.5. The molecule has 0 spiro atoms. The zero-order chi connectivity index (χ0) is 15.9. The molecule has 0 saturated carbocycles. The summed E-state index contributed by atoms with van der Waals surface area (Å²) >= 11 is 0. The van der Waals surface area contributed by atoms with Crippen molar-refractivity contribution in [1.29, 1.82) is 0 Å². The van der Waals surface area contributed by atoms with Crippen LogP contribution in [-0.4, -0.2) is 7.11 Å². The smallest absolute Gasteiger partial charge is 0.148 e. The Bertz CT molecular complexity index is 916. The lowest BCUT2D eigenvalue weighted by atomic mass is 9.99. The minimum Gasteiger partial charge on any atom is -0.496 e. The van der Waals surface area contributed by atoms with Crippen molar-refractivity contribution in [2.24, 2.45) is 0 Å². The first-order chi connectivity index (χ1) is 11.2. The highest BCUT2D eigenvalue weighted by atomic mass is 31.2. The quantitative estimate of drug-likeness (QED) is 0.662. The van der Waals surface area contributed by atoms with E-state index in [0.717, 1.165) is 33.0 Å². The summed E-state index contributed by atoms with van der Waals surface area (Å²) in [7, 11) is -0.990. The zero-order valence-electron chi connectivity index (χ0n) is 12.9. The van der Waals surface area contributed by atoms with Gasteiger partial charge in [-0.1, -0.05) is 66.7 Å². The van der Waals surface area contributed by atoms with Gasteiger partial charge in [-0.2, -0.15) is 0 Å². The third-order valence-electron chi connectivity index (χ3n) is 4.46. The summed E-state index contributed by atoms with van der Waals surface area (Å²) in [4.78, 5) is 0. The van der Waals surface area contributed by atoms with Crippen LogP contribution in [0.1, 0.15) is 5.56 Å². The third kappa shape index (κ3) is 2.14. The molecule has 0 N–H and O–H groups in total. The average Bonchev–Trinajstić information content (AvgIpc) is 2.62. The van der Waals surface area contributed by atoms with Crippen LogP contribution in [0.5, 0.6) is 5.75 Å². The van der Waals surface area contributed by atoms with Crippen molar-refractivity contribution >= 4 is 17.8 Å². The fourth-order valence-corrected chi connectivity index (χ4v) is 6.34. The minimum absolute atomic E-state index is 0.542. The van der Waals surface area contributed by atoms with Crippen LogP contribution < -0.4 is 15.3 Å². The molecule has 3 aromatic carbocycles. The van der Waals surface area contributed by atoms with Gasteiger partial charge in [0.25, 0.3) is 0 Å². The maximum Gasteiger partial charge on any atom is 0.148 e. The second-order valence-corrected chi connectivity index (χ2v) is 8.54. The Morgan fingerprint density at radius 2 is 1.61 bits per heavy atom. The van der Waals surface area contributed by atoms with E-state index in [-0.39, 0.29) is 0 Å². The van der Waals surface area contributed by atoms with Crippen molar-refractivity contribution in [2.45, 2.75) is 6.16 Å². The highest BCUT2D eigenvalue weighted by Gasteiger charge is 2.36. The first kappa shape index (κ1) is 14.3. The lowest BCUT2D eigenvalue weighted by Crippen LogP contribution is -2.23. The van der Waals surface area contributed by atoms with E-state index < -0.39 is 7.14 Å². The van der Waals surface area contributed by atoms with Gasteiger partial charge in [-0.25, -0.2) is 0 Å². The molecule has 1 heterocycles. The van der Waals surface area contributed by atoms with E-state index in [4.69, 9.17) is 4.74 Å². The lowest BCUT2D eigenvalue weighted by molar-refractivity contribution is 0.416. The molecule has 0 radical (unpaired) electrons. The second kappa shape index (κ2) is 5.40. The SMILES string of the molecule is COc1cccc2c1-c1ccccc1[P@](=O)(c1ccccc1)C2. The summed E-state index contributed by atoms with van der Waals surface area (Å²) in [6.45, 7) is 0. The van der Waals surface area contributed by atoms with Gasteiger partial charge in [0.15, 0.2) is 0 Å². The fourth-order valence-electron chi connectivity index (χ4n) is 3.41. The van der Waals surface area contributed by atoms with Gasteiger partial charge in [0, 0.05) is 22.3 Å². The molecule has 0 amide bonds. The van der Waals surface area contributed by atoms with E-state index in [1.54, 1.807) is 7.11 Å². The van der Waals surface area contributed by atoms with Crippen LogP contribution >= 0.6 is 7.14 Å². The van der Waals surface area contributed by atoms with Crippen molar-refractivity contribution in [1.82, 2.24) is 0 Å². The van der Waals surface area contributed by atoms with Gasteiger partial charge < -0.3 is 9.30 Å². The molecular formula is C20H17O2P. The molecule has 1 aliphatic rings. The lowest BCUT2D eigenvalue weighted by Gasteiger charge is -2.29. The van der Waals surface area contributed by atoms with Crippen LogP contribution in [0.25, 0.3) is 11.1 Å². The van der Waals surface area contributed by atoms with Crippen LogP contribution in [0, 0.1) is 0 Å². The molecule has 0 unspecified atom stereocenters. The van der Waals surface area contributed by atoms with Gasteiger partial charge in [-0.3, -0.25) is 0 Å². The minimum atomic E-state index is -2.67. The normalized spacial score (nSPS) is 18.8. The first-order valence-electron chi connectivity index (χ1n) is 7.64. The topological polar surface area (TPSA) is 26.3 Å². The van der Waals surface area contributed by atoms with Crippen LogP contribution in [-0.2, 0) is 10.7 Å². The Balaban J connectivity index is 2.04. The second-order valence-electron chi connectivity index (χ2n) is 5.74. The maximum atomic E-state index is 14.0. The predicted octanol–water partition coefficient (Wildman–Crippen LogP) is 4.19. The van der Waals surface area contributed by atoms with Gasteiger partial charge in [0.2, 0.25) is 0 Å². The molecule has 2 nitrogen and oxygen atoms in total. The number of benzene rings is 3. The third-order valence-corrected chi connectivity index (χ3v) is 7.55. The van der Waals surface area contributed by atoms with Gasteiger partial charge in [-0.15, -0.1) is 0 Å². The standard InChI is InChI=1S/C20H17O2P/c1-22-18-12-7-8-15-14-23(21,16-9-3-2-4-10-16)19-13-6-5-11-17(19)20(15)18/h2-13H,14H2,1H3/t23-/m1/s1. The molecule has 1 atom stereocenters. The van der Waals surface area contributed by atoms with Crippen molar-refractivity contribution in [3.05, 3.63) is 78.4 Å². The number of hydrogen-bond acceptors (Lipinski definition) is 2. The fraction of sp³-hybridized carbons (Fsp3) is 0.100. The van der Waals surface area contributed by atoms with Crippen LogP contribution in [0.15, 0.2) is 72.8 Å². The molecule has 3 heteroatoms. The summed E-state index contributed by atoms with van der Waals surface area (Å²) in [5, 5.41) is 1.85. The Hall–Kier alpha value is -2.31. The number of hydrogen-bond donors (Lipinski definition) is 0. The Morgan fingerprint density at radius 3 is 2.39 bits per heavy atom. The molecule has 4 rings (SSSR count). The Labute approximate surface area is 136 Å². The molecule has 1 aliphatic heterocycles. The monoisotopic (exact) mass is 320 g/mol. The Kier molecular flexibility index (Phi) is 3.36. The molecular weight excluding hydrogens is 303 g/mol. The van der Waals surface area contributed by atoms with Crippen LogP contribution in [0.2, 0.25) is 0 Å². The zero-order valence-corrected chi connectivity index (χ0v) is 13.8. The molecule has 114 valence electrons. The predicted molar refractivity (Wildman–Crippen MR) is 95.5 cm³/mol. The number of fused-ring (bicyclic) bond motifs is 3. The van der Waals surface area contributed by atoms with Gasteiger partial charge >= 0.3 is 0 Å². The molecule has 0 aromatic heterocycles. The van der Waals surface area contributed by atoms with E-state index >= 15 is 0 Å². The highest BCUT2D eigenvalue weighted by molar-refractivity contribution is 7.78. The molecule has 0 bridgehead atoms. The van der Waals surface area contributed by atoms with E-state index in [1.165, 1.54) is 0 Å².